The molecule has 0 rings (SSSR count). The van der Waals surface area contributed by atoms with E-state index in [1.54, 1.807) is 0 Å². The van der Waals surface area contributed by atoms with Gasteiger partial charge in [0.1, 0.15) is 13.2 Å². The van der Waals surface area contributed by atoms with Gasteiger partial charge in [0.2, 0.25) is 0 Å². The van der Waals surface area contributed by atoms with Crippen molar-refractivity contribution in [2.75, 3.05) is 13.2 Å². The molecule has 0 N–H and O–H groups in total. The summed E-state index contributed by atoms with van der Waals surface area (Å²) in [5.41, 5.74) is 0. The second-order valence-electron chi connectivity index (χ2n) is 18.5. The first-order chi connectivity index (χ1) is 31.0. The Morgan fingerprint density at radius 2 is 0.524 bits per heavy atom. The summed E-state index contributed by atoms with van der Waals surface area (Å²) in [5, 5.41) is 0. The van der Waals surface area contributed by atoms with Gasteiger partial charge in [0.05, 0.1) is 0 Å². The molecule has 0 aromatic carbocycles. The van der Waals surface area contributed by atoms with Gasteiger partial charge in [-0.2, -0.15) is 0 Å². The monoisotopic (exact) mass is 885 g/mol. The molecule has 0 aliphatic heterocycles. The fourth-order valence-electron chi connectivity index (χ4n) is 7.90. The topological polar surface area (TPSA) is 78.9 Å². The smallest absolute Gasteiger partial charge is 0.306 e. The molecule has 368 valence electrons. The molecule has 0 spiro atoms. The van der Waals surface area contributed by atoms with E-state index in [0.717, 1.165) is 70.6 Å². The number of carbonyl (C=O) groups is 3. The average molecular weight is 885 g/mol. The van der Waals surface area contributed by atoms with E-state index >= 15 is 0 Å². The molecule has 1 atom stereocenters. The lowest BCUT2D eigenvalue weighted by Crippen LogP contribution is -2.30. The Hall–Kier alpha value is -2.37. The van der Waals surface area contributed by atoms with Gasteiger partial charge in [-0.05, 0) is 96.3 Å². The maximum absolute atomic E-state index is 12.8. The minimum Gasteiger partial charge on any atom is -0.462 e. The van der Waals surface area contributed by atoms with Crippen molar-refractivity contribution in [2.45, 2.75) is 297 Å². The first-order valence-electron chi connectivity index (χ1n) is 27.5. The van der Waals surface area contributed by atoms with Gasteiger partial charge in [0, 0.05) is 19.3 Å². The summed E-state index contributed by atoms with van der Waals surface area (Å²) in [6, 6.07) is 0. The van der Waals surface area contributed by atoms with E-state index in [-0.39, 0.29) is 31.1 Å². The van der Waals surface area contributed by atoms with Crippen molar-refractivity contribution in [3.05, 3.63) is 36.5 Å². The maximum atomic E-state index is 12.8. The van der Waals surface area contributed by atoms with Crippen LogP contribution in [0.1, 0.15) is 290 Å². The largest absolute Gasteiger partial charge is 0.462 e. The zero-order chi connectivity index (χ0) is 45.8. The van der Waals surface area contributed by atoms with Gasteiger partial charge in [-0.3, -0.25) is 14.4 Å². The van der Waals surface area contributed by atoms with Crippen LogP contribution in [-0.4, -0.2) is 37.2 Å². The van der Waals surface area contributed by atoms with Crippen LogP contribution in [0.3, 0.4) is 0 Å². The fraction of sp³-hybridized carbons (Fsp3) is 0.842. The molecule has 6 heteroatoms. The first-order valence-corrected chi connectivity index (χ1v) is 27.5. The standard InChI is InChI=1S/C57H104O6/c1-4-7-10-13-16-19-22-25-27-29-31-32-35-38-41-44-47-50-56(59)62-53-54(52-61-55(58)49-46-43-40-37-34-24-21-18-15-12-9-6-3)63-57(60)51-48-45-42-39-36-33-30-28-26-23-20-17-14-11-8-5-2/h18,21,25,27-28,30,54H,4-17,19-20,22-24,26,29,31-53H2,1-3H3/b21-18-,27-25-,30-28-/t54-/m1/s1. The molecule has 0 saturated carbocycles. The quantitative estimate of drug-likeness (QED) is 0.0262. The normalized spacial score (nSPS) is 12.2. The van der Waals surface area contributed by atoms with E-state index in [9.17, 15) is 14.4 Å². The van der Waals surface area contributed by atoms with Crippen molar-refractivity contribution in [1.82, 2.24) is 0 Å². The molecule has 0 aliphatic carbocycles. The zero-order valence-electron chi connectivity index (χ0n) is 42.1. The second-order valence-corrected chi connectivity index (χ2v) is 18.5. The van der Waals surface area contributed by atoms with Crippen LogP contribution in [0.5, 0.6) is 0 Å². The van der Waals surface area contributed by atoms with Crippen LogP contribution >= 0.6 is 0 Å². The molecule has 0 saturated heterocycles. The van der Waals surface area contributed by atoms with E-state index in [4.69, 9.17) is 14.2 Å². The molecular formula is C57H104O6. The molecule has 6 nitrogen and oxygen atoms in total. The highest BCUT2D eigenvalue weighted by Crippen LogP contribution is 2.15. The van der Waals surface area contributed by atoms with E-state index in [1.165, 1.54) is 180 Å². The summed E-state index contributed by atoms with van der Waals surface area (Å²) < 4.78 is 16.8. The first kappa shape index (κ1) is 60.6. The summed E-state index contributed by atoms with van der Waals surface area (Å²) in [6.45, 7) is 6.62. The SMILES string of the molecule is CCCCC/C=C\CCCCCCCC(=O)OC[C@H](COC(=O)CCCCCCCCC/C=C\CCCCCCCC)OC(=O)CCCCCCC/C=C\CCCCCCCCC. The van der Waals surface area contributed by atoms with Crippen LogP contribution < -0.4 is 0 Å². The maximum Gasteiger partial charge on any atom is 0.306 e. The number of ether oxygens (including phenoxy) is 3. The Labute approximate surface area is 391 Å². The Morgan fingerprint density at radius 3 is 0.825 bits per heavy atom. The van der Waals surface area contributed by atoms with Crippen LogP contribution in [0.15, 0.2) is 36.5 Å². The highest BCUT2D eigenvalue weighted by molar-refractivity contribution is 5.71. The minimum absolute atomic E-state index is 0.0786. The third kappa shape index (κ3) is 50.5. The lowest BCUT2D eigenvalue weighted by Gasteiger charge is -2.18. The number of esters is 3. The summed E-state index contributed by atoms with van der Waals surface area (Å²) in [4.78, 5) is 38.0. The Kier molecular flexibility index (Phi) is 50.3. The molecule has 0 aromatic heterocycles. The van der Waals surface area contributed by atoms with Crippen LogP contribution in [0.4, 0.5) is 0 Å². The lowest BCUT2D eigenvalue weighted by atomic mass is 10.1. The predicted molar refractivity (Wildman–Crippen MR) is 270 cm³/mol. The summed E-state index contributed by atoms with van der Waals surface area (Å²) in [6.07, 6.45) is 61.3. The summed E-state index contributed by atoms with van der Waals surface area (Å²) in [7, 11) is 0. The third-order valence-corrected chi connectivity index (χ3v) is 12.1. The van der Waals surface area contributed by atoms with E-state index in [0.29, 0.717) is 19.3 Å². The number of hydrogen-bond acceptors (Lipinski definition) is 6. The number of carbonyl (C=O) groups excluding carboxylic acids is 3. The van der Waals surface area contributed by atoms with Gasteiger partial charge in [0.15, 0.2) is 6.10 Å². The van der Waals surface area contributed by atoms with E-state index in [1.807, 2.05) is 0 Å². The molecule has 0 unspecified atom stereocenters. The molecular weight excluding hydrogens is 781 g/mol. The van der Waals surface area contributed by atoms with Gasteiger partial charge in [-0.25, -0.2) is 0 Å². The number of rotatable bonds is 50. The predicted octanol–water partition coefficient (Wildman–Crippen LogP) is 18.1. The van der Waals surface area contributed by atoms with Crippen molar-refractivity contribution in [3.63, 3.8) is 0 Å². The van der Waals surface area contributed by atoms with Crippen LogP contribution in [0.25, 0.3) is 0 Å². The van der Waals surface area contributed by atoms with Gasteiger partial charge >= 0.3 is 17.9 Å². The zero-order valence-corrected chi connectivity index (χ0v) is 42.1. The van der Waals surface area contributed by atoms with Crippen molar-refractivity contribution in [2.24, 2.45) is 0 Å². The lowest BCUT2D eigenvalue weighted by molar-refractivity contribution is -0.167. The van der Waals surface area contributed by atoms with Crippen LogP contribution in [0.2, 0.25) is 0 Å². The Bertz CT molecular complexity index is 1060. The Balaban J connectivity index is 4.36. The highest BCUT2D eigenvalue weighted by Gasteiger charge is 2.19. The summed E-state index contributed by atoms with van der Waals surface area (Å²) in [5.74, 6) is -0.889. The number of hydrogen-bond donors (Lipinski definition) is 0. The fourth-order valence-corrected chi connectivity index (χ4v) is 7.90. The molecule has 63 heavy (non-hydrogen) atoms. The molecule has 0 heterocycles. The molecule has 0 bridgehead atoms. The highest BCUT2D eigenvalue weighted by atomic mass is 16.6. The van der Waals surface area contributed by atoms with Crippen LogP contribution in [0, 0.1) is 0 Å². The third-order valence-electron chi connectivity index (χ3n) is 12.1. The second kappa shape index (κ2) is 52.3. The van der Waals surface area contributed by atoms with Crippen molar-refractivity contribution in [3.8, 4) is 0 Å². The average Bonchev–Trinajstić information content (AvgIpc) is 3.28. The minimum atomic E-state index is -0.779. The van der Waals surface area contributed by atoms with Crippen molar-refractivity contribution >= 4 is 17.9 Å². The van der Waals surface area contributed by atoms with E-state index < -0.39 is 6.10 Å². The van der Waals surface area contributed by atoms with Gasteiger partial charge < -0.3 is 14.2 Å². The molecule has 0 fully saturated rings. The van der Waals surface area contributed by atoms with Crippen LogP contribution in [-0.2, 0) is 28.6 Å². The van der Waals surface area contributed by atoms with Crippen molar-refractivity contribution in [1.29, 1.82) is 0 Å². The summed E-state index contributed by atoms with van der Waals surface area (Å²) >= 11 is 0. The number of unbranched alkanes of at least 4 members (excludes halogenated alkanes) is 33. The molecule has 0 aliphatic rings. The van der Waals surface area contributed by atoms with Gasteiger partial charge in [-0.1, -0.05) is 211 Å². The Morgan fingerprint density at radius 1 is 0.302 bits per heavy atom. The molecule has 0 amide bonds. The number of allylic oxidation sites excluding steroid dienone is 6. The van der Waals surface area contributed by atoms with Gasteiger partial charge in [0.25, 0.3) is 0 Å². The van der Waals surface area contributed by atoms with E-state index in [2.05, 4.69) is 57.2 Å². The molecule has 0 aromatic rings. The van der Waals surface area contributed by atoms with Crippen molar-refractivity contribution < 1.29 is 28.6 Å². The van der Waals surface area contributed by atoms with Gasteiger partial charge in [-0.15, -0.1) is 0 Å². The molecule has 0 radical (unpaired) electrons.